The number of aromatic nitrogens is 1. The molecule has 2 unspecified atom stereocenters. The first-order valence-corrected chi connectivity index (χ1v) is 7.87. The number of pyridine rings is 1. The van der Waals surface area contributed by atoms with Crippen molar-refractivity contribution >= 4 is 0 Å². The highest BCUT2D eigenvalue weighted by molar-refractivity contribution is 5.17. The summed E-state index contributed by atoms with van der Waals surface area (Å²) in [4.78, 5) is 4.56. The van der Waals surface area contributed by atoms with Crippen molar-refractivity contribution in [1.29, 1.82) is 0 Å². The molecule has 0 aliphatic carbocycles. The Morgan fingerprint density at radius 1 is 1.26 bits per heavy atom. The first-order chi connectivity index (χ1) is 9.21. The maximum atomic E-state index is 4.56. The van der Waals surface area contributed by atoms with Gasteiger partial charge < -0.3 is 5.32 Å². The van der Waals surface area contributed by atoms with Gasteiger partial charge in [-0.2, -0.15) is 0 Å². The molecule has 0 radical (unpaired) electrons. The topological polar surface area (TPSA) is 24.9 Å². The zero-order valence-electron chi connectivity index (χ0n) is 13.1. The molecule has 0 aromatic carbocycles. The third-order valence-corrected chi connectivity index (χ3v) is 3.86. The zero-order valence-corrected chi connectivity index (χ0v) is 13.1. The van der Waals surface area contributed by atoms with Crippen molar-refractivity contribution in [2.24, 2.45) is 5.92 Å². The molecule has 0 fully saturated rings. The van der Waals surface area contributed by atoms with Crippen LogP contribution in [0, 0.1) is 12.8 Å². The fraction of sp³-hybridized carbons (Fsp3) is 0.706. The van der Waals surface area contributed by atoms with Crippen LogP contribution in [0.5, 0.6) is 0 Å². The first kappa shape index (κ1) is 16.2. The van der Waals surface area contributed by atoms with E-state index < -0.39 is 0 Å². The number of hydrogen-bond donors (Lipinski definition) is 1. The quantitative estimate of drug-likeness (QED) is 0.701. The Balaban J connectivity index is 2.70. The van der Waals surface area contributed by atoms with Crippen LogP contribution in [0.1, 0.15) is 70.2 Å². The van der Waals surface area contributed by atoms with Gasteiger partial charge in [-0.3, -0.25) is 4.98 Å². The minimum Gasteiger partial charge on any atom is -0.309 e. The molecule has 1 heterocycles. The second kappa shape index (κ2) is 9.08. The lowest BCUT2D eigenvalue weighted by molar-refractivity contribution is 0.353. The van der Waals surface area contributed by atoms with Gasteiger partial charge in [0, 0.05) is 12.2 Å². The summed E-state index contributed by atoms with van der Waals surface area (Å²) in [5.41, 5.74) is 2.51. The van der Waals surface area contributed by atoms with E-state index in [4.69, 9.17) is 0 Å². The normalized spacial score (nSPS) is 14.3. The van der Waals surface area contributed by atoms with Crippen LogP contribution in [-0.2, 0) is 0 Å². The molecule has 1 rings (SSSR count). The molecule has 2 nitrogen and oxygen atoms in total. The Labute approximate surface area is 119 Å². The van der Waals surface area contributed by atoms with Crippen molar-refractivity contribution in [2.75, 3.05) is 6.54 Å². The van der Waals surface area contributed by atoms with Gasteiger partial charge in [0.1, 0.15) is 0 Å². The van der Waals surface area contributed by atoms with Crippen LogP contribution >= 0.6 is 0 Å². The van der Waals surface area contributed by atoms with Gasteiger partial charge in [0.05, 0.1) is 5.69 Å². The van der Waals surface area contributed by atoms with Crippen molar-refractivity contribution in [2.45, 2.75) is 65.8 Å². The number of aryl methyl sites for hydroxylation is 1. The van der Waals surface area contributed by atoms with E-state index in [2.05, 4.69) is 50.1 Å². The number of nitrogens with zero attached hydrogens (tertiary/aromatic N) is 1. The average molecular weight is 262 g/mol. The molecule has 0 aliphatic heterocycles. The van der Waals surface area contributed by atoms with E-state index in [-0.39, 0.29) is 0 Å². The summed E-state index contributed by atoms with van der Waals surface area (Å²) in [5.74, 6) is 0.811. The molecule has 2 heteroatoms. The molecule has 0 bridgehead atoms. The highest BCUT2D eigenvalue weighted by atomic mass is 14.9. The summed E-state index contributed by atoms with van der Waals surface area (Å²) >= 11 is 0. The van der Waals surface area contributed by atoms with E-state index in [1.165, 1.54) is 43.4 Å². The molecule has 1 aromatic heterocycles. The Morgan fingerprint density at radius 2 is 2.05 bits per heavy atom. The van der Waals surface area contributed by atoms with E-state index in [0.717, 1.165) is 12.5 Å². The lowest BCUT2D eigenvalue weighted by Gasteiger charge is -2.23. The van der Waals surface area contributed by atoms with E-state index >= 15 is 0 Å². The van der Waals surface area contributed by atoms with Gasteiger partial charge in [0.25, 0.3) is 0 Å². The summed E-state index contributed by atoms with van der Waals surface area (Å²) in [6, 6.07) is 4.70. The second-order valence-corrected chi connectivity index (χ2v) is 5.52. The van der Waals surface area contributed by atoms with E-state index in [1.807, 2.05) is 6.20 Å². The molecule has 1 aromatic rings. The van der Waals surface area contributed by atoms with Crippen molar-refractivity contribution in [3.8, 4) is 0 Å². The van der Waals surface area contributed by atoms with E-state index in [1.54, 1.807) is 0 Å². The Morgan fingerprint density at radius 3 is 2.63 bits per heavy atom. The minimum absolute atomic E-state index is 0.409. The third-order valence-electron chi connectivity index (χ3n) is 3.86. The predicted molar refractivity (Wildman–Crippen MR) is 83.3 cm³/mol. The molecular formula is C17H30N2. The van der Waals surface area contributed by atoms with Crippen molar-refractivity contribution in [3.63, 3.8) is 0 Å². The van der Waals surface area contributed by atoms with E-state index in [0.29, 0.717) is 6.04 Å². The molecule has 0 spiro atoms. The monoisotopic (exact) mass is 262 g/mol. The van der Waals surface area contributed by atoms with Crippen LogP contribution in [0.4, 0.5) is 0 Å². The fourth-order valence-corrected chi connectivity index (χ4v) is 2.62. The minimum atomic E-state index is 0.409. The Kier molecular flexibility index (Phi) is 7.73. The van der Waals surface area contributed by atoms with Crippen molar-refractivity contribution in [3.05, 3.63) is 29.6 Å². The number of rotatable bonds is 9. The highest BCUT2D eigenvalue weighted by Crippen LogP contribution is 2.26. The molecule has 108 valence electrons. The molecule has 1 N–H and O–H groups in total. The zero-order chi connectivity index (χ0) is 14.1. The van der Waals surface area contributed by atoms with Gasteiger partial charge in [-0.15, -0.1) is 0 Å². The van der Waals surface area contributed by atoms with Crippen LogP contribution in [0.25, 0.3) is 0 Å². The smallest absolute Gasteiger partial charge is 0.0575 e. The summed E-state index contributed by atoms with van der Waals surface area (Å²) in [5, 5.41) is 3.60. The highest BCUT2D eigenvalue weighted by Gasteiger charge is 2.17. The van der Waals surface area contributed by atoms with Crippen LogP contribution in [0.3, 0.4) is 0 Å². The van der Waals surface area contributed by atoms with Gasteiger partial charge in [0.15, 0.2) is 0 Å². The van der Waals surface area contributed by atoms with Gasteiger partial charge in [-0.1, -0.05) is 46.5 Å². The van der Waals surface area contributed by atoms with Gasteiger partial charge in [-0.05, 0) is 43.5 Å². The largest absolute Gasteiger partial charge is 0.309 e. The number of unbranched alkanes of at least 4 members (excludes halogenated alkanes) is 1. The van der Waals surface area contributed by atoms with Crippen LogP contribution in [0.15, 0.2) is 18.3 Å². The second-order valence-electron chi connectivity index (χ2n) is 5.52. The van der Waals surface area contributed by atoms with Crippen molar-refractivity contribution < 1.29 is 0 Å². The molecule has 19 heavy (non-hydrogen) atoms. The summed E-state index contributed by atoms with van der Waals surface area (Å²) in [7, 11) is 0. The summed E-state index contributed by atoms with van der Waals surface area (Å²) in [6.45, 7) is 9.91. The SMILES string of the molecule is CCCCC(CC)CC(NCC)c1cc(C)ccn1. The number of hydrogen-bond acceptors (Lipinski definition) is 2. The Hall–Kier alpha value is -0.890. The molecule has 0 saturated carbocycles. The van der Waals surface area contributed by atoms with Gasteiger partial charge in [-0.25, -0.2) is 0 Å². The summed E-state index contributed by atoms with van der Waals surface area (Å²) < 4.78 is 0. The molecule has 0 aliphatic rings. The molecule has 2 atom stereocenters. The number of nitrogens with one attached hydrogen (secondary N) is 1. The maximum Gasteiger partial charge on any atom is 0.0575 e. The summed E-state index contributed by atoms with van der Waals surface area (Å²) in [6.07, 6.45) is 8.40. The lowest BCUT2D eigenvalue weighted by atomic mass is 9.90. The molecule has 0 saturated heterocycles. The van der Waals surface area contributed by atoms with E-state index in [9.17, 15) is 0 Å². The van der Waals surface area contributed by atoms with Crippen LogP contribution in [0.2, 0.25) is 0 Å². The average Bonchev–Trinajstić information content (AvgIpc) is 2.42. The molecular weight excluding hydrogens is 232 g/mol. The van der Waals surface area contributed by atoms with Crippen LogP contribution < -0.4 is 5.32 Å². The van der Waals surface area contributed by atoms with Crippen molar-refractivity contribution in [1.82, 2.24) is 10.3 Å². The first-order valence-electron chi connectivity index (χ1n) is 7.87. The Bertz CT molecular complexity index is 349. The van der Waals surface area contributed by atoms with Crippen LogP contribution in [-0.4, -0.2) is 11.5 Å². The molecule has 0 amide bonds. The predicted octanol–water partition coefficient (Wildman–Crippen LogP) is 4.65. The van der Waals surface area contributed by atoms with Gasteiger partial charge >= 0.3 is 0 Å². The fourth-order valence-electron chi connectivity index (χ4n) is 2.62. The third kappa shape index (κ3) is 5.73. The maximum absolute atomic E-state index is 4.56. The van der Waals surface area contributed by atoms with Gasteiger partial charge in [0.2, 0.25) is 0 Å². The lowest BCUT2D eigenvalue weighted by Crippen LogP contribution is -2.24. The standard InChI is InChI=1S/C17H30N2/c1-5-8-9-15(6-2)13-17(18-7-3)16-12-14(4)10-11-19-16/h10-12,15,17-18H,5-9,13H2,1-4H3.